The van der Waals surface area contributed by atoms with Crippen LogP contribution in [0, 0.1) is 6.92 Å². The number of piperidine rings is 1. The van der Waals surface area contributed by atoms with Crippen molar-refractivity contribution in [3.05, 3.63) is 35.4 Å². The quantitative estimate of drug-likeness (QED) is 0.870. The van der Waals surface area contributed by atoms with Crippen molar-refractivity contribution in [3.8, 4) is 0 Å². The molecule has 2 aliphatic rings. The predicted octanol–water partition coefficient (Wildman–Crippen LogP) is 1.60. The van der Waals surface area contributed by atoms with Crippen LogP contribution in [0.15, 0.2) is 24.3 Å². The monoisotopic (exact) mass is 350 g/mol. The van der Waals surface area contributed by atoms with Crippen molar-refractivity contribution in [2.75, 3.05) is 24.6 Å². The number of nitrogens with zero attached hydrogens (tertiary/aromatic N) is 1. The third-order valence-electron chi connectivity index (χ3n) is 5.01. The van der Waals surface area contributed by atoms with Gasteiger partial charge in [-0.15, -0.1) is 0 Å². The molecule has 1 aromatic carbocycles. The van der Waals surface area contributed by atoms with Crippen LogP contribution in [0.25, 0.3) is 0 Å². The summed E-state index contributed by atoms with van der Waals surface area (Å²) in [5.74, 6) is 1.25. The van der Waals surface area contributed by atoms with Crippen molar-refractivity contribution in [2.24, 2.45) is 0 Å². The highest BCUT2D eigenvalue weighted by Gasteiger charge is 2.35. The van der Waals surface area contributed by atoms with Crippen molar-refractivity contribution in [2.45, 2.75) is 44.2 Å². The first kappa shape index (κ1) is 17.4. The van der Waals surface area contributed by atoms with Crippen LogP contribution >= 0.6 is 0 Å². The van der Waals surface area contributed by atoms with Gasteiger partial charge in [0.15, 0.2) is 0 Å². The number of nitrogens with one attached hydrogen (secondary N) is 1. The minimum atomic E-state index is -0.785. The number of hydrogen-bond acceptors (Lipinski definition) is 3. The van der Waals surface area contributed by atoms with E-state index < -0.39 is 16.4 Å². The molecule has 132 valence electrons. The SMILES string of the molecule is Cc1cccc(CC2(O)CCN(C(=O)NC3CCS(=O)C3)CC2)c1. The minimum Gasteiger partial charge on any atom is -0.389 e. The van der Waals surface area contributed by atoms with E-state index in [9.17, 15) is 14.1 Å². The fourth-order valence-corrected chi connectivity index (χ4v) is 4.96. The van der Waals surface area contributed by atoms with Gasteiger partial charge in [0.1, 0.15) is 0 Å². The van der Waals surface area contributed by atoms with Gasteiger partial charge in [-0.1, -0.05) is 29.8 Å². The number of carbonyl (C=O) groups excluding carboxylic acids is 1. The van der Waals surface area contributed by atoms with Crippen molar-refractivity contribution in [1.29, 1.82) is 0 Å². The number of rotatable bonds is 3. The maximum atomic E-state index is 12.3. The Bertz CT molecular complexity index is 626. The van der Waals surface area contributed by atoms with Gasteiger partial charge >= 0.3 is 6.03 Å². The highest BCUT2D eigenvalue weighted by molar-refractivity contribution is 7.85. The van der Waals surface area contributed by atoms with Crippen LogP contribution in [-0.4, -0.2) is 56.5 Å². The number of aliphatic hydroxyl groups is 1. The van der Waals surface area contributed by atoms with E-state index in [1.807, 2.05) is 12.1 Å². The van der Waals surface area contributed by atoms with Gasteiger partial charge in [0.05, 0.1) is 5.60 Å². The summed E-state index contributed by atoms with van der Waals surface area (Å²) in [7, 11) is -0.785. The van der Waals surface area contributed by atoms with Gasteiger partial charge in [0.2, 0.25) is 0 Å². The molecule has 0 aliphatic carbocycles. The molecule has 6 heteroatoms. The smallest absolute Gasteiger partial charge is 0.317 e. The van der Waals surface area contributed by atoms with E-state index in [1.54, 1.807) is 4.90 Å². The summed E-state index contributed by atoms with van der Waals surface area (Å²) in [6, 6.07) is 8.17. The predicted molar refractivity (Wildman–Crippen MR) is 95.5 cm³/mol. The fraction of sp³-hybridized carbons (Fsp3) is 0.611. The van der Waals surface area contributed by atoms with Crippen LogP contribution < -0.4 is 5.32 Å². The number of carbonyl (C=O) groups is 1. The number of aryl methyl sites for hydroxylation is 1. The Morgan fingerprint density at radius 3 is 2.79 bits per heavy atom. The molecule has 0 spiro atoms. The second-order valence-electron chi connectivity index (χ2n) is 7.12. The Morgan fingerprint density at radius 1 is 1.42 bits per heavy atom. The Hall–Kier alpha value is -1.40. The first-order valence-corrected chi connectivity index (χ1v) is 10.1. The normalized spacial score (nSPS) is 26.3. The summed E-state index contributed by atoms with van der Waals surface area (Å²) in [5.41, 5.74) is 1.60. The molecular weight excluding hydrogens is 324 g/mol. The lowest BCUT2D eigenvalue weighted by atomic mass is 9.85. The average Bonchev–Trinajstić information content (AvgIpc) is 2.92. The molecule has 2 N–H and O–H groups in total. The molecule has 2 heterocycles. The molecule has 0 aromatic heterocycles. The third kappa shape index (κ3) is 4.36. The lowest BCUT2D eigenvalue weighted by Crippen LogP contribution is -2.52. The minimum absolute atomic E-state index is 0.0337. The Balaban J connectivity index is 1.51. The van der Waals surface area contributed by atoms with E-state index in [4.69, 9.17) is 0 Å². The molecule has 2 atom stereocenters. The molecule has 24 heavy (non-hydrogen) atoms. The van der Waals surface area contributed by atoms with E-state index in [1.165, 1.54) is 5.56 Å². The molecule has 1 aromatic rings. The Kier molecular flexibility index (Phi) is 5.25. The van der Waals surface area contributed by atoms with E-state index in [-0.39, 0.29) is 12.1 Å². The number of hydrogen-bond donors (Lipinski definition) is 2. The number of likely N-dealkylation sites (tertiary alicyclic amines) is 1. The van der Waals surface area contributed by atoms with Gasteiger partial charge in [0, 0.05) is 47.9 Å². The van der Waals surface area contributed by atoms with E-state index in [0.717, 1.165) is 12.0 Å². The first-order chi connectivity index (χ1) is 11.4. The molecule has 0 saturated carbocycles. The summed E-state index contributed by atoms with van der Waals surface area (Å²) >= 11 is 0. The van der Waals surface area contributed by atoms with Crippen LogP contribution in [0.2, 0.25) is 0 Å². The van der Waals surface area contributed by atoms with Crippen molar-refractivity contribution < 1.29 is 14.1 Å². The van der Waals surface area contributed by atoms with Gasteiger partial charge in [-0.25, -0.2) is 4.79 Å². The molecule has 0 bridgehead atoms. The van der Waals surface area contributed by atoms with Crippen molar-refractivity contribution in [1.82, 2.24) is 10.2 Å². The molecule has 2 unspecified atom stereocenters. The van der Waals surface area contributed by atoms with Gasteiger partial charge in [-0.3, -0.25) is 4.21 Å². The maximum absolute atomic E-state index is 12.3. The van der Waals surface area contributed by atoms with Crippen LogP contribution in [-0.2, 0) is 17.2 Å². The Labute approximate surface area is 145 Å². The van der Waals surface area contributed by atoms with Crippen LogP contribution in [0.4, 0.5) is 4.79 Å². The molecule has 0 radical (unpaired) electrons. The molecule has 2 amide bonds. The highest BCUT2D eigenvalue weighted by atomic mass is 32.2. The second-order valence-corrected chi connectivity index (χ2v) is 8.74. The summed E-state index contributed by atoms with van der Waals surface area (Å²) in [6.45, 7) is 3.17. The van der Waals surface area contributed by atoms with E-state index in [0.29, 0.717) is 43.9 Å². The lowest BCUT2D eigenvalue weighted by molar-refractivity contribution is -0.0117. The second kappa shape index (κ2) is 7.23. The number of urea groups is 1. The molecule has 2 saturated heterocycles. The van der Waals surface area contributed by atoms with Crippen LogP contribution in [0.5, 0.6) is 0 Å². The van der Waals surface area contributed by atoms with Crippen LogP contribution in [0.1, 0.15) is 30.4 Å². The summed E-state index contributed by atoms with van der Waals surface area (Å²) in [6.07, 6.45) is 2.60. The van der Waals surface area contributed by atoms with E-state index >= 15 is 0 Å². The lowest BCUT2D eigenvalue weighted by Gasteiger charge is -2.38. The third-order valence-corrected chi connectivity index (χ3v) is 6.47. The zero-order valence-electron chi connectivity index (χ0n) is 14.2. The summed E-state index contributed by atoms with van der Waals surface area (Å²) < 4.78 is 11.4. The van der Waals surface area contributed by atoms with E-state index in [2.05, 4.69) is 24.4 Å². The van der Waals surface area contributed by atoms with Gasteiger partial charge in [0.25, 0.3) is 0 Å². The Morgan fingerprint density at radius 2 is 2.17 bits per heavy atom. The topological polar surface area (TPSA) is 69.6 Å². The van der Waals surface area contributed by atoms with Crippen molar-refractivity contribution >= 4 is 16.8 Å². The maximum Gasteiger partial charge on any atom is 0.317 e. The van der Waals surface area contributed by atoms with Gasteiger partial charge < -0.3 is 15.3 Å². The molecule has 2 aliphatic heterocycles. The molecule has 5 nitrogen and oxygen atoms in total. The highest BCUT2D eigenvalue weighted by Crippen LogP contribution is 2.27. The van der Waals surface area contributed by atoms with Gasteiger partial charge in [-0.2, -0.15) is 0 Å². The average molecular weight is 350 g/mol. The number of amides is 2. The zero-order valence-corrected chi connectivity index (χ0v) is 15.0. The molecule has 3 rings (SSSR count). The number of benzene rings is 1. The standard InChI is InChI=1S/C18H26N2O3S/c1-14-3-2-4-15(11-14)12-18(22)6-8-20(9-7-18)17(21)19-16-5-10-24(23)13-16/h2-4,11,16,22H,5-10,12-13H2,1H3,(H,19,21). The fourth-order valence-electron chi connectivity index (χ4n) is 3.55. The summed E-state index contributed by atoms with van der Waals surface area (Å²) in [5, 5.41) is 13.8. The van der Waals surface area contributed by atoms with Gasteiger partial charge in [-0.05, 0) is 31.7 Å². The first-order valence-electron chi connectivity index (χ1n) is 8.62. The van der Waals surface area contributed by atoms with Crippen LogP contribution in [0.3, 0.4) is 0 Å². The zero-order chi connectivity index (χ0) is 17.2. The molecular formula is C18H26N2O3S. The van der Waals surface area contributed by atoms with Crippen molar-refractivity contribution in [3.63, 3.8) is 0 Å². The largest absolute Gasteiger partial charge is 0.389 e. The molecule has 2 fully saturated rings. The summed E-state index contributed by atoms with van der Waals surface area (Å²) in [4.78, 5) is 14.1.